The molecule has 5 rings (SSSR count). The Hall–Kier alpha value is -3.85. The molecule has 0 amide bonds. The van der Waals surface area contributed by atoms with Crippen molar-refractivity contribution in [2.45, 2.75) is 66.0 Å². The first-order chi connectivity index (χ1) is 22.6. The minimum atomic E-state index is -0.662. The van der Waals surface area contributed by atoms with Crippen LogP contribution in [0.5, 0.6) is 11.5 Å². The van der Waals surface area contributed by atoms with E-state index in [0.29, 0.717) is 61.1 Å². The number of esters is 1. The average Bonchev–Trinajstić information content (AvgIpc) is 3.35. The summed E-state index contributed by atoms with van der Waals surface area (Å²) in [5.41, 5.74) is 4.37. The molecule has 0 saturated heterocycles. The highest BCUT2D eigenvalue weighted by Crippen LogP contribution is 2.34. The molecule has 3 aromatic carbocycles. The summed E-state index contributed by atoms with van der Waals surface area (Å²) < 4.78 is 19.6. The molecule has 1 aliphatic heterocycles. The molecule has 0 aliphatic carbocycles. The van der Waals surface area contributed by atoms with E-state index < -0.39 is 12.0 Å². The summed E-state index contributed by atoms with van der Waals surface area (Å²) in [6.07, 6.45) is 3.19. The summed E-state index contributed by atoms with van der Waals surface area (Å²) in [6, 6.07) is 18.2. The molecule has 0 radical (unpaired) electrons. The van der Waals surface area contributed by atoms with Crippen molar-refractivity contribution in [3.63, 3.8) is 0 Å². The lowest BCUT2D eigenvalue weighted by Crippen LogP contribution is -2.40. The summed E-state index contributed by atoms with van der Waals surface area (Å²) in [6.45, 7) is 10.9. The van der Waals surface area contributed by atoms with Crippen LogP contribution in [0.2, 0.25) is 10.0 Å². The van der Waals surface area contributed by atoms with Gasteiger partial charge in [-0.05, 0) is 73.2 Å². The maximum Gasteiger partial charge on any atom is 0.338 e. The first-order valence-corrected chi connectivity index (χ1v) is 17.4. The summed E-state index contributed by atoms with van der Waals surface area (Å²) in [7, 11) is 0. The van der Waals surface area contributed by atoms with Gasteiger partial charge in [0.05, 0.1) is 35.1 Å². The molecule has 0 N–H and O–H groups in total. The number of fused-ring (bicyclic) bond motifs is 1. The summed E-state index contributed by atoms with van der Waals surface area (Å²) in [5.74, 6) is 0.973. The molecule has 7 nitrogen and oxygen atoms in total. The molecule has 10 heteroatoms. The lowest BCUT2D eigenvalue weighted by Gasteiger charge is -2.26. The third-order valence-electron chi connectivity index (χ3n) is 7.77. The second-order valence-electron chi connectivity index (χ2n) is 11.4. The van der Waals surface area contributed by atoms with Crippen molar-refractivity contribution in [1.82, 2.24) is 4.57 Å². The van der Waals surface area contributed by atoms with Crippen LogP contribution in [0, 0.1) is 0 Å². The van der Waals surface area contributed by atoms with Crippen LogP contribution in [0.15, 0.2) is 81.7 Å². The third kappa shape index (κ3) is 7.67. The van der Waals surface area contributed by atoms with Crippen LogP contribution in [-0.4, -0.2) is 23.8 Å². The first kappa shape index (κ1) is 34.5. The van der Waals surface area contributed by atoms with E-state index in [2.05, 4.69) is 26.0 Å². The van der Waals surface area contributed by atoms with Crippen molar-refractivity contribution in [3.8, 4) is 11.5 Å². The van der Waals surface area contributed by atoms with Gasteiger partial charge in [-0.2, -0.15) is 0 Å². The molecule has 0 spiro atoms. The fraction of sp³-hybridized carbons (Fsp3) is 0.324. The molecule has 0 saturated carbocycles. The molecule has 2 heterocycles. The van der Waals surface area contributed by atoms with Gasteiger partial charge in [-0.1, -0.05) is 98.1 Å². The zero-order valence-electron chi connectivity index (χ0n) is 27.1. The second-order valence-corrected chi connectivity index (χ2v) is 13.3. The number of aromatic nitrogens is 1. The number of benzene rings is 3. The number of allylic oxidation sites excluding steroid dienone is 1. The predicted molar refractivity (Wildman–Crippen MR) is 189 cm³/mol. The van der Waals surface area contributed by atoms with E-state index in [0.717, 1.165) is 23.1 Å². The van der Waals surface area contributed by atoms with Crippen LogP contribution in [-0.2, 0) is 16.1 Å². The van der Waals surface area contributed by atoms with Gasteiger partial charge in [-0.25, -0.2) is 9.79 Å². The first-order valence-electron chi connectivity index (χ1n) is 15.8. The monoisotopic (exact) mass is 692 g/mol. The Balaban J connectivity index is 1.58. The number of thiazole rings is 1. The zero-order valence-corrected chi connectivity index (χ0v) is 29.5. The molecule has 1 aliphatic rings. The minimum Gasteiger partial charge on any atom is -0.490 e. The molecule has 246 valence electrons. The number of carbonyl (C=O) groups excluding carboxylic acids is 1. The van der Waals surface area contributed by atoms with Crippen LogP contribution in [0.25, 0.3) is 6.08 Å². The van der Waals surface area contributed by atoms with Crippen molar-refractivity contribution in [2.24, 2.45) is 4.99 Å². The topological polar surface area (TPSA) is 79.1 Å². The largest absolute Gasteiger partial charge is 0.490 e. The number of hydrogen-bond donors (Lipinski definition) is 0. The van der Waals surface area contributed by atoms with Gasteiger partial charge in [0.1, 0.15) is 6.61 Å². The normalized spacial score (nSPS) is 14.6. The van der Waals surface area contributed by atoms with Crippen LogP contribution < -0.4 is 24.4 Å². The molecule has 4 aromatic rings. The molecular formula is C37H38Cl2N2O5S. The van der Waals surface area contributed by atoms with E-state index in [-0.39, 0.29) is 18.8 Å². The Labute approximate surface area is 288 Å². The van der Waals surface area contributed by atoms with Crippen molar-refractivity contribution >= 4 is 46.6 Å². The Bertz CT molecular complexity index is 1980. The van der Waals surface area contributed by atoms with Crippen LogP contribution >= 0.6 is 34.5 Å². The second kappa shape index (κ2) is 15.4. The maximum atomic E-state index is 14.2. The highest BCUT2D eigenvalue weighted by molar-refractivity contribution is 7.07. The van der Waals surface area contributed by atoms with E-state index in [9.17, 15) is 9.59 Å². The van der Waals surface area contributed by atoms with Crippen LogP contribution in [0.1, 0.15) is 81.7 Å². The predicted octanol–water partition coefficient (Wildman–Crippen LogP) is 7.99. The van der Waals surface area contributed by atoms with Gasteiger partial charge in [0.15, 0.2) is 16.3 Å². The lowest BCUT2D eigenvalue weighted by molar-refractivity contribution is -0.139. The van der Waals surface area contributed by atoms with Crippen molar-refractivity contribution < 1.29 is 19.0 Å². The maximum absolute atomic E-state index is 14.2. The fourth-order valence-electron chi connectivity index (χ4n) is 5.45. The number of nitrogens with zero attached hydrogens (tertiary/aromatic N) is 2. The van der Waals surface area contributed by atoms with Gasteiger partial charge >= 0.3 is 5.97 Å². The SMILES string of the molecule is CCCC1=C(C(=O)OCC)[C@@H](c2ccc(C(C)C)cc2)n2c(s/c(=C\c3ccc(OCc4ccc(Cl)cc4Cl)c(OCC)c3)c2=O)=N1. The van der Waals surface area contributed by atoms with Gasteiger partial charge in [0.2, 0.25) is 0 Å². The van der Waals surface area contributed by atoms with Gasteiger partial charge in [-0.15, -0.1) is 0 Å². The molecule has 0 bridgehead atoms. The number of ether oxygens (including phenoxy) is 3. The Morgan fingerprint density at radius 2 is 1.74 bits per heavy atom. The average molecular weight is 694 g/mol. The Morgan fingerprint density at radius 1 is 0.979 bits per heavy atom. The standard InChI is InChI=1S/C37H38Cl2N2O5S/c1-6-9-29-33(36(43)45-8-3)34(25-13-11-24(12-14-25)22(4)5)41-35(42)32(47-37(41)40-29)19-23-10-17-30(31(18-23)44-7-2)46-21-26-15-16-27(38)20-28(26)39/h10-20,22,34H,6-9,21H2,1-5H3/b32-19-/t34-/m1/s1. The van der Waals surface area contributed by atoms with Gasteiger partial charge in [0, 0.05) is 15.6 Å². The Kier molecular flexibility index (Phi) is 11.3. The minimum absolute atomic E-state index is 0.222. The lowest BCUT2D eigenvalue weighted by atomic mass is 9.92. The summed E-state index contributed by atoms with van der Waals surface area (Å²) in [5, 5.41) is 1.07. The van der Waals surface area contributed by atoms with Crippen molar-refractivity contribution in [1.29, 1.82) is 0 Å². The molecule has 0 fully saturated rings. The zero-order chi connectivity index (χ0) is 33.7. The van der Waals surface area contributed by atoms with E-state index in [4.69, 9.17) is 42.4 Å². The molecule has 47 heavy (non-hydrogen) atoms. The number of halogens is 2. The third-order valence-corrected chi connectivity index (χ3v) is 9.34. The Morgan fingerprint density at radius 3 is 2.40 bits per heavy atom. The summed E-state index contributed by atoms with van der Waals surface area (Å²) in [4.78, 5) is 33.1. The van der Waals surface area contributed by atoms with Crippen LogP contribution in [0.4, 0.5) is 0 Å². The van der Waals surface area contributed by atoms with Crippen molar-refractivity contribution in [3.05, 3.63) is 124 Å². The molecular weight excluding hydrogens is 655 g/mol. The fourth-order valence-corrected chi connectivity index (χ4v) is 6.93. The number of rotatable bonds is 12. The van der Waals surface area contributed by atoms with Gasteiger partial charge in [-0.3, -0.25) is 9.36 Å². The highest BCUT2D eigenvalue weighted by atomic mass is 35.5. The van der Waals surface area contributed by atoms with Crippen molar-refractivity contribution in [2.75, 3.05) is 13.2 Å². The van der Waals surface area contributed by atoms with Gasteiger partial charge in [0.25, 0.3) is 5.56 Å². The van der Waals surface area contributed by atoms with E-state index in [1.807, 2.05) is 56.3 Å². The van der Waals surface area contributed by atoms with E-state index in [1.54, 1.807) is 23.6 Å². The van der Waals surface area contributed by atoms with E-state index in [1.165, 1.54) is 16.9 Å². The molecule has 1 atom stereocenters. The highest BCUT2D eigenvalue weighted by Gasteiger charge is 2.34. The number of hydrogen-bond acceptors (Lipinski definition) is 7. The van der Waals surface area contributed by atoms with Crippen LogP contribution in [0.3, 0.4) is 0 Å². The van der Waals surface area contributed by atoms with Gasteiger partial charge < -0.3 is 14.2 Å². The summed E-state index contributed by atoms with van der Waals surface area (Å²) >= 11 is 13.7. The van der Waals surface area contributed by atoms with E-state index >= 15 is 0 Å². The molecule has 0 unspecified atom stereocenters. The number of carbonyl (C=O) groups is 1. The smallest absolute Gasteiger partial charge is 0.338 e. The molecule has 1 aromatic heterocycles. The quantitative estimate of drug-likeness (QED) is 0.141.